The van der Waals surface area contributed by atoms with Crippen LogP contribution in [0, 0.1) is 5.82 Å². The minimum atomic E-state index is -2.90. The van der Waals surface area contributed by atoms with E-state index in [1.54, 1.807) is 0 Å². The van der Waals surface area contributed by atoms with Gasteiger partial charge in [-0.3, -0.25) is 0 Å². The zero-order valence-corrected chi connectivity index (χ0v) is 15.5. The van der Waals surface area contributed by atoms with Gasteiger partial charge < -0.3 is 15.0 Å². The van der Waals surface area contributed by atoms with E-state index in [0.29, 0.717) is 24.9 Å². The van der Waals surface area contributed by atoms with E-state index in [9.17, 15) is 12.8 Å². The second kappa shape index (κ2) is 8.01. The summed E-state index contributed by atoms with van der Waals surface area (Å²) in [6, 6.07) is 5.38. The van der Waals surface area contributed by atoms with Crippen LogP contribution in [-0.4, -0.2) is 57.6 Å². The molecule has 140 valence electrons. The number of halogens is 1. The predicted molar refractivity (Wildman–Crippen MR) is 96.2 cm³/mol. The Kier molecular flexibility index (Phi) is 5.96. The van der Waals surface area contributed by atoms with Crippen molar-refractivity contribution in [2.24, 2.45) is 0 Å². The first-order valence-corrected chi connectivity index (χ1v) is 11.1. The van der Waals surface area contributed by atoms with Crippen LogP contribution in [0.2, 0.25) is 0 Å². The molecule has 0 aromatic heterocycles. The summed E-state index contributed by atoms with van der Waals surface area (Å²) in [6.07, 6.45) is 5.21. The maximum atomic E-state index is 13.5. The topological polar surface area (TPSA) is 58.6 Å². The molecule has 7 heteroatoms. The van der Waals surface area contributed by atoms with Crippen molar-refractivity contribution >= 4 is 9.84 Å². The van der Waals surface area contributed by atoms with Gasteiger partial charge in [-0.15, -0.1) is 0 Å². The van der Waals surface area contributed by atoms with E-state index >= 15 is 0 Å². The normalized spacial score (nSPS) is 22.9. The zero-order valence-electron chi connectivity index (χ0n) is 14.7. The van der Waals surface area contributed by atoms with Gasteiger partial charge in [0.05, 0.1) is 12.4 Å². The van der Waals surface area contributed by atoms with Crippen molar-refractivity contribution in [1.82, 2.24) is 10.2 Å². The number of piperidine rings is 1. The summed E-state index contributed by atoms with van der Waals surface area (Å²) in [4.78, 5) is 2.22. The second-order valence-corrected chi connectivity index (χ2v) is 9.40. The van der Waals surface area contributed by atoms with Crippen molar-refractivity contribution in [2.45, 2.75) is 37.8 Å². The van der Waals surface area contributed by atoms with Gasteiger partial charge in [0.1, 0.15) is 21.4 Å². The Labute approximate surface area is 149 Å². The number of benzene rings is 1. The molecular weight excluding hydrogens is 343 g/mol. The third kappa shape index (κ3) is 5.39. The summed E-state index contributed by atoms with van der Waals surface area (Å²) in [5.74, 6) is 0.614. The van der Waals surface area contributed by atoms with E-state index in [0.717, 1.165) is 44.3 Å². The van der Waals surface area contributed by atoms with Crippen LogP contribution in [0.4, 0.5) is 4.39 Å². The molecule has 2 aliphatic rings. The number of hydrogen-bond donors (Lipinski definition) is 1. The molecule has 1 unspecified atom stereocenters. The molecule has 2 heterocycles. The molecule has 0 saturated carbocycles. The van der Waals surface area contributed by atoms with Gasteiger partial charge in [-0.2, -0.15) is 0 Å². The number of fused-ring (bicyclic) bond motifs is 1. The molecule has 1 aromatic rings. The smallest absolute Gasteiger partial charge is 0.148 e. The summed E-state index contributed by atoms with van der Waals surface area (Å²) in [5, 5.41) is 3.72. The van der Waals surface area contributed by atoms with Gasteiger partial charge in [0.25, 0.3) is 0 Å². The molecule has 0 amide bonds. The highest BCUT2D eigenvalue weighted by molar-refractivity contribution is 7.90. The molecule has 1 fully saturated rings. The average Bonchev–Trinajstić information content (AvgIpc) is 2.75. The van der Waals surface area contributed by atoms with Crippen LogP contribution >= 0.6 is 0 Å². The number of likely N-dealkylation sites (tertiary alicyclic amines) is 1. The molecular formula is C18H27FN2O3S. The van der Waals surface area contributed by atoms with Crippen LogP contribution in [0.3, 0.4) is 0 Å². The Morgan fingerprint density at radius 3 is 2.76 bits per heavy atom. The third-order valence-electron chi connectivity index (χ3n) is 5.05. The molecule has 1 aromatic carbocycles. The molecule has 0 aliphatic carbocycles. The molecule has 5 nitrogen and oxygen atoms in total. The Morgan fingerprint density at radius 1 is 1.28 bits per heavy atom. The van der Waals surface area contributed by atoms with E-state index in [4.69, 9.17) is 4.74 Å². The largest absolute Gasteiger partial charge is 0.493 e. The van der Waals surface area contributed by atoms with Crippen LogP contribution in [0.15, 0.2) is 18.2 Å². The monoisotopic (exact) mass is 370 g/mol. The summed E-state index contributed by atoms with van der Waals surface area (Å²) >= 11 is 0. The molecule has 2 aliphatic heterocycles. The quantitative estimate of drug-likeness (QED) is 0.861. The molecule has 1 N–H and O–H groups in total. The van der Waals surface area contributed by atoms with Gasteiger partial charge >= 0.3 is 0 Å². The van der Waals surface area contributed by atoms with E-state index in [-0.39, 0.29) is 17.6 Å². The van der Waals surface area contributed by atoms with E-state index < -0.39 is 9.84 Å². The lowest BCUT2D eigenvalue weighted by atomic mass is 9.98. The van der Waals surface area contributed by atoms with Gasteiger partial charge in [-0.05, 0) is 44.8 Å². The predicted octanol–water partition coefficient (Wildman–Crippen LogP) is 2.14. The zero-order chi connectivity index (χ0) is 17.9. The lowest BCUT2D eigenvalue weighted by molar-refractivity contribution is 0.198. The van der Waals surface area contributed by atoms with Crippen LogP contribution in [0.25, 0.3) is 0 Å². The molecule has 1 saturated heterocycles. The van der Waals surface area contributed by atoms with Gasteiger partial charge in [0, 0.05) is 36.5 Å². The van der Waals surface area contributed by atoms with E-state index in [1.165, 1.54) is 18.4 Å². The molecule has 1 atom stereocenters. The summed E-state index contributed by atoms with van der Waals surface area (Å²) in [7, 11) is -2.90. The fourth-order valence-electron chi connectivity index (χ4n) is 3.62. The van der Waals surface area contributed by atoms with Crippen LogP contribution in [0.5, 0.6) is 5.75 Å². The fourth-order valence-corrected chi connectivity index (χ4v) is 4.21. The van der Waals surface area contributed by atoms with Crippen molar-refractivity contribution in [1.29, 1.82) is 0 Å². The lowest BCUT2D eigenvalue weighted by Gasteiger charge is -2.34. The molecule has 0 spiro atoms. The lowest BCUT2D eigenvalue weighted by Crippen LogP contribution is -2.44. The Balaban J connectivity index is 1.55. The first-order valence-electron chi connectivity index (χ1n) is 8.99. The minimum absolute atomic E-state index is 0.186. The number of hydrogen-bond acceptors (Lipinski definition) is 5. The van der Waals surface area contributed by atoms with Gasteiger partial charge in [-0.25, -0.2) is 12.8 Å². The van der Waals surface area contributed by atoms with Gasteiger partial charge in [0.2, 0.25) is 0 Å². The SMILES string of the molecule is CS(=O)(=O)CCN1CCC(NC2CCCOc3cc(F)ccc32)CC1. The summed E-state index contributed by atoms with van der Waals surface area (Å²) < 4.78 is 41.7. The number of nitrogens with zero attached hydrogens (tertiary/aromatic N) is 1. The van der Waals surface area contributed by atoms with Gasteiger partial charge in [0.15, 0.2) is 0 Å². The highest BCUT2D eigenvalue weighted by Gasteiger charge is 2.26. The van der Waals surface area contributed by atoms with E-state index in [1.807, 2.05) is 6.07 Å². The number of rotatable bonds is 5. The van der Waals surface area contributed by atoms with Crippen LogP contribution in [-0.2, 0) is 9.84 Å². The average molecular weight is 370 g/mol. The van der Waals surface area contributed by atoms with Crippen LogP contribution < -0.4 is 10.1 Å². The minimum Gasteiger partial charge on any atom is -0.493 e. The fraction of sp³-hybridized carbons (Fsp3) is 0.667. The Hall–Kier alpha value is -1.18. The Bertz CT molecular complexity index is 688. The first kappa shape index (κ1) is 18.6. The number of sulfone groups is 1. The molecule has 3 rings (SSSR count). The second-order valence-electron chi connectivity index (χ2n) is 7.14. The van der Waals surface area contributed by atoms with Gasteiger partial charge in [-0.1, -0.05) is 6.07 Å². The highest BCUT2D eigenvalue weighted by Crippen LogP contribution is 2.33. The van der Waals surface area contributed by atoms with Crippen molar-refractivity contribution in [3.63, 3.8) is 0 Å². The van der Waals surface area contributed by atoms with Crippen molar-refractivity contribution in [3.8, 4) is 5.75 Å². The first-order chi connectivity index (χ1) is 11.9. The van der Waals surface area contributed by atoms with Crippen molar-refractivity contribution < 1.29 is 17.5 Å². The molecule has 0 bridgehead atoms. The summed E-state index contributed by atoms with van der Waals surface area (Å²) in [6.45, 7) is 3.06. The maximum Gasteiger partial charge on any atom is 0.148 e. The number of nitrogens with one attached hydrogen (secondary N) is 1. The third-order valence-corrected chi connectivity index (χ3v) is 5.97. The van der Waals surface area contributed by atoms with E-state index in [2.05, 4.69) is 10.2 Å². The molecule has 25 heavy (non-hydrogen) atoms. The molecule has 0 radical (unpaired) electrons. The maximum absolute atomic E-state index is 13.5. The standard InChI is InChI=1S/C18H27FN2O3S/c1-25(22,23)12-10-21-8-6-15(7-9-21)20-17-3-2-11-24-18-13-14(19)4-5-16(17)18/h4-5,13,15,17,20H,2-3,6-12H2,1H3. The Morgan fingerprint density at radius 2 is 2.04 bits per heavy atom. The highest BCUT2D eigenvalue weighted by atomic mass is 32.2. The van der Waals surface area contributed by atoms with Crippen LogP contribution in [0.1, 0.15) is 37.3 Å². The summed E-state index contributed by atoms with van der Waals surface area (Å²) in [5.41, 5.74) is 1.04. The number of ether oxygens (including phenoxy) is 1. The van der Waals surface area contributed by atoms with Crippen molar-refractivity contribution in [2.75, 3.05) is 38.2 Å². The van der Waals surface area contributed by atoms with Crippen molar-refractivity contribution in [3.05, 3.63) is 29.6 Å².